The highest BCUT2D eigenvalue weighted by atomic mass is 16.6. The van der Waals surface area contributed by atoms with E-state index in [2.05, 4.69) is 10.6 Å². The number of nitrogens with one attached hydrogen (secondary N) is 2. The molecule has 0 aromatic heterocycles. The summed E-state index contributed by atoms with van der Waals surface area (Å²) in [6.07, 6.45) is -1.29. The molecule has 1 aromatic rings. The zero-order valence-electron chi connectivity index (χ0n) is 11.4. The molecule has 2 unspecified atom stereocenters. The molecule has 0 heterocycles. The molecule has 114 valence electrons. The predicted molar refractivity (Wildman–Crippen MR) is 73.1 cm³/mol. The van der Waals surface area contributed by atoms with Gasteiger partial charge in [0.05, 0.1) is 22.3 Å². The zero-order chi connectivity index (χ0) is 16.2. The van der Waals surface area contributed by atoms with E-state index in [4.69, 9.17) is 5.11 Å². The van der Waals surface area contributed by atoms with Crippen molar-refractivity contribution in [3.05, 3.63) is 33.9 Å². The first kappa shape index (κ1) is 16.4. The molecule has 2 atom stereocenters. The van der Waals surface area contributed by atoms with Gasteiger partial charge in [-0.1, -0.05) is 6.07 Å². The summed E-state index contributed by atoms with van der Waals surface area (Å²) in [5.74, 6) is -1.39. The zero-order valence-corrected chi connectivity index (χ0v) is 11.4. The quantitative estimate of drug-likeness (QED) is 0.469. The van der Waals surface area contributed by atoms with Crippen LogP contribution < -0.4 is 10.6 Å². The average molecular weight is 297 g/mol. The van der Waals surface area contributed by atoms with Crippen LogP contribution in [0, 0.1) is 17.0 Å². The van der Waals surface area contributed by atoms with Gasteiger partial charge in [0.1, 0.15) is 0 Å². The number of rotatable bonds is 5. The summed E-state index contributed by atoms with van der Waals surface area (Å²) < 4.78 is 0. The Balaban J connectivity index is 2.87. The lowest BCUT2D eigenvalue weighted by atomic mass is 10.1. The Morgan fingerprint density at radius 3 is 2.48 bits per heavy atom. The molecule has 0 aliphatic rings. The fourth-order valence-electron chi connectivity index (χ4n) is 1.64. The van der Waals surface area contributed by atoms with Gasteiger partial charge in [-0.2, -0.15) is 0 Å². The number of hydrogen-bond donors (Lipinski definition) is 4. The van der Waals surface area contributed by atoms with Crippen molar-refractivity contribution in [2.45, 2.75) is 26.0 Å². The number of hydrogen-bond acceptors (Lipinski definition) is 5. The molecule has 9 nitrogen and oxygen atoms in total. The monoisotopic (exact) mass is 297 g/mol. The molecule has 0 fully saturated rings. The molecule has 0 saturated heterocycles. The van der Waals surface area contributed by atoms with Gasteiger partial charge in [0.25, 0.3) is 5.69 Å². The lowest BCUT2D eigenvalue weighted by Crippen LogP contribution is -2.49. The number of carbonyl (C=O) groups is 2. The Labute approximate surface area is 119 Å². The summed E-state index contributed by atoms with van der Waals surface area (Å²) in [5, 5.41) is 33.3. The third-order valence-electron chi connectivity index (χ3n) is 2.79. The summed E-state index contributed by atoms with van der Waals surface area (Å²) in [4.78, 5) is 32.7. The van der Waals surface area contributed by atoms with Crippen LogP contribution in [-0.4, -0.2) is 39.3 Å². The van der Waals surface area contributed by atoms with Gasteiger partial charge in [-0.25, -0.2) is 9.59 Å². The van der Waals surface area contributed by atoms with Gasteiger partial charge >= 0.3 is 12.0 Å². The third kappa shape index (κ3) is 4.14. The Kier molecular flexibility index (Phi) is 5.19. The molecule has 0 bridgehead atoms. The van der Waals surface area contributed by atoms with Crippen molar-refractivity contribution < 1.29 is 24.7 Å². The second kappa shape index (κ2) is 6.66. The van der Waals surface area contributed by atoms with Gasteiger partial charge in [0.2, 0.25) is 0 Å². The maximum absolute atomic E-state index is 11.7. The van der Waals surface area contributed by atoms with E-state index in [1.165, 1.54) is 32.0 Å². The average Bonchev–Trinajstić information content (AvgIpc) is 2.37. The summed E-state index contributed by atoms with van der Waals surface area (Å²) in [5.41, 5.74) is 0.246. The lowest BCUT2D eigenvalue weighted by molar-refractivity contribution is -0.385. The maximum Gasteiger partial charge on any atom is 0.328 e. The van der Waals surface area contributed by atoms with Crippen LogP contribution in [0.1, 0.15) is 12.5 Å². The van der Waals surface area contributed by atoms with Crippen molar-refractivity contribution in [1.29, 1.82) is 0 Å². The third-order valence-corrected chi connectivity index (χ3v) is 2.79. The number of carboxylic acid groups (broad SMARTS) is 1. The fourth-order valence-corrected chi connectivity index (χ4v) is 1.64. The predicted octanol–water partition coefficient (Wildman–Crippen LogP) is 0.859. The summed E-state index contributed by atoms with van der Waals surface area (Å²) in [6, 6.07) is 1.76. The lowest BCUT2D eigenvalue weighted by Gasteiger charge is -2.17. The van der Waals surface area contributed by atoms with Crippen LogP contribution in [-0.2, 0) is 4.79 Å². The molecule has 0 aliphatic carbocycles. The standard InChI is InChI=1S/C12H15N3O6/c1-6-8(4-3-5-9(6)15(20)21)13-12(19)14-10(7(2)16)11(17)18/h3-5,7,10,16H,1-2H3,(H,17,18)(H2,13,14,19). The minimum Gasteiger partial charge on any atom is -0.480 e. The van der Waals surface area contributed by atoms with Crippen LogP contribution in [0.15, 0.2) is 18.2 Å². The number of aliphatic hydroxyl groups is 1. The Morgan fingerprint density at radius 1 is 1.38 bits per heavy atom. The van der Waals surface area contributed by atoms with E-state index in [1.54, 1.807) is 0 Å². The van der Waals surface area contributed by atoms with Crippen LogP contribution in [0.25, 0.3) is 0 Å². The molecule has 0 saturated carbocycles. The van der Waals surface area contributed by atoms with Gasteiger partial charge in [0.15, 0.2) is 6.04 Å². The normalized spacial score (nSPS) is 13.1. The van der Waals surface area contributed by atoms with E-state index < -0.39 is 29.1 Å². The number of nitro groups is 1. The number of amides is 2. The highest BCUT2D eigenvalue weighted by Crippen LogP contribution is 2.24. The molecule has 2 amide bonds. The van der Waals surface area contributed by atoms with E-state index in [0.717, 1.165) is 0 Å². The van der Waals surface area contributed by atoms with Crippen molar-refractivity contribution in [2.24, 2.45) is 0 Å². The number of urea groups is 1. The van der Waals surface area contributed by atoms with Gasteiger partial charge in [-0.15, -0.1) is 0 Å². The molecule has 4 N–H and O–H groups in total. The van der Waals surface area contributed by atoms with E-state index in [1.807, 2.05) is 0 Å². The Hall–Kier alpha value is -2.68. The van der Waals surface area contributed by atoms with Gasteiger partial charge < -0.3 is 20.8 Å². The largest absolute Gasteiger partial charge is 0.480 e. The molecule has 0 aliphatic heterocycles. The fraction of sp³-hybridized carbons (Fsp3) is 0.333. The minimum atomic E-state index is -1.48. The van der Waals surface area contributed by atoms with Gasteiger partial charge in [0, 0.05) is 6.07 Å². The van der Waals surface area contributed by atoms with Gasteiger partial charge in [-0.05, 0) is 19.9 Å². The van der Waals surface area contributed by atoms with E-state index in [9.17, 15) is 24.8 Å². The Morgan fingerprint density at radius 2 is 2.00 bits per heavy atom. The summed E-state index contributed by atoms with van der Waals surface area (Å²) >= 11 is 0. The molecule has 0 radical (unpaired) electrons. The second-order valence-corrected chi connectivity index (χ2v) is 4.36. The maximum atomic E-state index is 11.7. The van der Waals surface area contributed by atoms with Crippen LogP contribution >= 0.6 is 0 Å². The molecular weight excluding hydrogens is 282 g/mol. The summed E-state index contributed by atoms with van der Waals surface area (Å²) in [6.45, 7) is 2.68. The van der Waals surface area contributed by atoms with Crippen LogP contribution in [0.4, 0.5) is 16.2 Å². The van der Waals surface area contributed by atoms with Crippen LogP contribution in [0.2, 0.25) is 0 Å². The van der Waals surface area contributed by atoms with Gasteiger partial charge in [-0.3, -0.25) is 10.1 Å². The number of nitro benzene ring substituents is 1. The first-order valence-corrected chi connectivity index (χ1v) is 5.96. The van der Waals surface area contributed by atoms with Crippen molar-refractivity contribution in [3.63, 3.8) is 0 Å². The SMILES string of the molecule is Cc1c(NC(=O)NC(C(=O)O)C(C)O)cccc1[N+](=O)[O-]. The van der Waals surface area contributed by atoms with E-state index >= 15 is 0 Å². The van der Waals surface area contributed by atoms with Crippen molar-refractivity contribution in [1.82, 2.24) is 5.32 Å². The number of anilines is 1. The number of carboxylic acids is 1. The molecule has 0 spiro atoms. The van der Waals surface area contributed by atoms with E-state index in [0.29, 0.717) is 0 Å². The topological polar surface area (TPSA) is 142 Å². The van der Waals surface area contributed by atoms with Crippen LogP contribution in [0.5, 0.6) is 0 Å². The Bertz CT molecular complexity index is 572. The molecular formula is C12H15N3O6. The first-order chi connectivity index (χ1) is 9.73. The molecule has 9 heteroatoms. The molecule has 21 heavy (non-hydrogen) atoms. The highest BCUT2D eigenvalue weighted by molar-refractivity contribution is 5.93. The van der Waals surface area contributed by atoms with Crippen molar-refractivity contribution >= 4 is 23.4 Å². The number of carbonyl (C=O) groups excluding carboxylic acids is 1. The molecule has 1 aromatic carbocycles. The summed E-state index contributed by atoms with van der Waals surface area (Å²) in [7, 11) is 0. The highest BCUT2D eigenvalue weighted by Gasteiger charge is 2.25. The minimum absolute atomic E-state index is 0.168. The number of nitrogens with zero attached hydrogens (tertiary/aromatic N) is 1. The molecule has 1 rings (SSSR count). The number of aliphatic hydroxyl groups excluding tert-OH is 1. The number of aliphatic carboxylic acids is 1. The number of benzene rings is 1. The van der Waals surface area contributed by atoms with Crippen molar-refractivity contribution in [2.75, 3.05) is 5.32 Å². The van der Waals surface area contributed by atoms with Crippen molar-refractivity contribution in [3.8, 4) is 0 Å². The first-order valence-electron chi connectivity index (χ1n) is 5.96. The smallest absolute Gasteiger partial charge is 0.328 e. The second-order valence-electron chi connectivity index (χ2n) is 4.36. The van der Waals surface area contributed by atoms with E-state index in [-0.39, 0.29) is 16.9 Å². The van der Waals surface area contributed by atoms with Crippen LogP contribution in [0.3, 0.4) is 0 Å².